The van der Waals surface area contributed by atoms with Gasteiger partial charge in [-0.15, -0.1) is 0 Å². The van der Waals surface area contributed by atoms with Crippen LogP contribution in [0.25, 0.3) is 0 Å². The summed E-state index contributed by atoms with van der Waals surface area (Å²) < 4.78 is 4.59. The molecule has 4 heteroatoms. The fourth-order valence-electron chi connectivity index (χ4n) is 1.40. The number of hydrogen-bond donors (Lipinski definition) is 1. The molecule has 0 aromatic carbocycles. The van der Waals surface area contributed by atoms with Crippen LogP contribution in [-0.4, -0.2) is 11.1 Å². The summed E-state index contributed by atoms with van der Waals surface area (Å²) in [6.07, 6.45) is 4.71. The molecule has 1 amide bonds. The Bertz CT molecular complexity index is 295. The van der Waals surface area contributed by atoms with Gasteiger partial charge in [-0.3, -0.25) is 4.79 Å². The lowest BCUT2D eigenvalue weighted by atomic mass is 10.2. The van der Waals surface area contributed by atoms with E-state index in [4.69, 9.17) is 0 Å². The zero-order valence-electron chi connectivity index (χ0n) is 7.49. The first-order valence-electron chi connectivity index (χ1n) is 4.45. The molecule has 1 saturated carbocycles. The highest BCUT2D eigenvalue weighted by atomic mass is 16.5. The van der Waals surface area contributed by atoms with E-state index in [1.807, 2.05) is 0 Å². The maximum atomic E-state index is 11.3. The van der Waals surface area contributed by atoms with Crippen molar-refractivity contribution in [3.8, 4) is 0 Å². The molecule has 1 N–H and O–H groups in total. The van der Waals surface area contributed by atoms with Crippen LogP contribution in [0.2, 0.25) is 0 Å². The number of nitrogens with one attached hydrogen (secondary N) is 1. The van der Waals surface area contributed by atoms with Crippen molar-refractivity contribution < 1.29 is 9.32 Å². The third-order valence-corrected chi connectivity index (χ3v) is 2.44. The van der Waals surface area contributed by atoms with E-state index in [9.17, 15) is 4.79 Å². The molecular formula is C9H12N2O2. The number of carbonyl (C=O) groups is 1. The SMILES string of the molecule is CC1CC1CC(=O)Nc1cnoc1. The Hall–Kier alpha value is -1.32. The molecule has 1 aromatic heterocycles. The van der Waals surface area contributed by atoms with E-state index >= 15 is 0 Å². The van der Waals surface area contributed by atoms with E-state index in [2.05, 4.69) is 21.9 Å². The second-order valence-electron chi connectivity index (χ2n) is 3.64. The molecule has 0 bridgehead atoms. The molecule has 1 aliphatic rings. The predicted octanol–water partition coefficient (Wildman–Crippen LogP) is 1.66. The Balaban J connectivity index is 1.79. The number of aromatic nitrogens is 1. The van der Waals surface area contributed by atoms with Gasteiger partial charge in [0.2, 0.25) is 5.91 Å². The van der Waals surface area contributed by atoms with Crippen molar-refractivity contribution in [3.05, 3.63) is 12.5 Å². The van der Waals surface area contributed by atoms with Gasteiger partial charge in [-0.1, -0.05) is 12.1 Å². The van der Waals surface area contributed by atoms with Crippen LogP contribution in [0.15, 0.2) is 17.0 Å². The van der Waals surface area contributed by atoms with Gasteiger partial charge in [0.1, 0.15) is 12.0 Å². The number of rotatable bonds is 3. The third kappa shape index (κ3) is 2.08. The average molecular weight is 180 g/mol. The number of hydrogen-bond acceptors (Lipinski definition) is 3. The van der Waals surface area contributed by atoms with Gasteiger partial charge in [0.15, 0.2) is 0 Å². The Morgan fingerprint density at radius 1 is 1.85 bits per heavy atom. The standard InChI is InChI=1S/C9H12N2O2/c1-6-2-7(6)3-9(12)11-8-4-10-13-5-8/h4-7H,2-3H2,1H3,(H,11,12). The van der Waals surface area contributed by atoms with Gasteiger partial charge in [0.05, 0.1) is 6.20 Å². The zero-order chi connectivity index (χ0) is 9.26. The van der Waals surface area contributed by atoms with Crippen LogP contribution in [0, 0.1) is 11.8 Å². The molecular weight excluding hydrogens is 168 g/mol. The van der Waals surface area contributed by atoms with Crippen LogP contribution in [-0.2, 0) is 4.79 Å². The zero-order valence-corrected chi connectivity index (χ0v) is 7.49. The van der Waals surface area contributed by atoms with Crippen LogP contribution in [0.4, 0.5) is 5.69 Å². The van der Waals surface area contributed by atoms with E-state index in [-0.39, 0.29) is 5.91 Å². The number of carbonyl (C=O) groups excluding carboxylic acids is 1. The Labute approximate surface area is 76.3 Å². The van der Waals surface area contributed by atoms with Crippen LogP contribution < -0.4 is 5.32 Å². The van der Waals surface area contributed by atoms with Crippen LogP contribution >= 0.6 is 0 Å². The van der Waals surface area contributed by atoms with E-state index in [0.717, 1.165) is 0 Å². The van der Waals surface area contributed by atoms with Crippen molar-refractivity contribution in [2.75, 3.05) is 5.32 Å². The van der Waals surface area contributed by atoms with Crippen molar-refractivity contribution in [1.82, 2.24) is 5.16 Å². The molecule has 1 aliphatic carbocycles. The smallest absolute Gasteiger partial charge is 0.224 e. The van der Waals surface area contributed by atoms with Crippen molar-refractivity contribution in [1.29, 1.82) is 0 Å². The number of amides is 1. The minimum atomic E-state index is 0.0533. The fraction of sp³-hybridized carbons (Fsp3) is 0.556. The van der Waals surface area contributed by atoms with Gasteiger partial charge < -0.3 is 9.84 Å². The molecule has 4 nitrogen and oxygen atoms in total. The summed E-state index contributed by atoms with van der Waals surface area (Å²) in [5.41, 5.74) is 0.637. The van der Waals surface area contributed by atoms with E-state index < -0.39 is 0 Å². The van der Waals surface area contributed by atoms with Crippen molar-refractivity contribution in [2.24, 2.45) is 11.8 Å². The van der Waals surface area contributed by atoms with Gasteiger partial charge in [0.25, 0.3) is 0 Å². The molecule has 13 heavy (non-hydrogen) atoms. The first-order valence-corrected chi connectivity index (χ1v) is 4.45. The molecule has 0 spiro atoms. The lowest BCUT2D eigenvalue weighted by Crippen LogP contribution is -2.11. The lowest BCUT2D eigenvalue weighted by Gasteiger charge is -1.99. The minimum absolute atomic E-state index is 0.0533. The molecule has 2 unspecified atom stereocenters. The molecule has 0 radical (unpaired) electrons. The summed E-state index contributed by atoms with van der Waals surface area (Å²) in [7, 11) is 0. The van der Waals surface area contributed by atoms with E-state index in [1.54, 1.807) is 0 Å². The second-order valence-corrected chi connectivity index (χ2v) is 3.64. The molecule has 1 heterocycles. The first kappa shape index (κ1) is 8.29. The number of nitrogens with zero attached hydrogens (tertiary/aromatic N) is 1. The van der Waals surface area contributed by atoms with Crippen LogP contribution in [0.5, 0.6) is 0 Å². The quantitative estimate of drug-likeness (QED) is 0.769. The van der Waals surface area contributed by atoms with Gasteiger partial charge in [-0.25, -0.2) is 0 Å². The molecule has 70 valence electrons. The highest BCUT2D eigenvalue weighted by Gasteiger charge is 2.34. The second kappa shape index (κ2) is 3.20. The van der Waals surface area contributed by atoms with Crippen molar-refractivity contribution in [2.45, 2.75) is 19.8 Å². The lowest BCUT2D eigenvalue weighted by molar-refractivity contribution is -0.116. The first-order chi connectivity index (χ1) is 6.25. The summed E-state index contributed by atoms with van der Waals surface area (Å²) in [5.74, 6) is 1.35. The predicted molar refractivity (Wildman–Crippen MR) is 47.0 cm³/mol. The summed E-state index contributed by atoms with van der Waals surface area (Å²) in [6, 6.07) is 0. The topological polar surface area (TPSA) is 55.1 Å². The Morgan fingerprint density at radius 3 is 3.15 bits per heavy atom. The van der Waals surface area contributed by atoms with Crippen molar-refractivity contribution >= 4 is 11.6 Å². The van der Waals surface area contributed by atoms with Gasteiger partial charge >= 0.3 is 0 Å². The molecule has 2 atom stereocenters. The minimum Gasteiger partial charge on any atom is -0.363 e. The monoisotopic (exact) mass is 180 g/mol. The van der Waals surface area contributed by atoms with E-state index in [1.165, 1.54) is 18.9 Å². The average Bonchev–Trinajstić information content (AvgIpc) is 2.61. The normalized spacial score (nSPS) is 25.6. The highest BCUT2D eigenvalue weighted by Crippen LogP contribution is 2.40. The van der Waals surface area contributed by atoms with Crippen LogP contribution in [0.3, 0.4) is 0 Å². The molecule has 2 rings (SSSR count). The third-order valence-electron chi connectivity index (χ3n) is 2.44. The highest BCUT2D eigenvalue weighted by molar-refractivity contribution is 5.90. The van der Waals surface area contributed by atoms with E-state index in [0.29, 0.717) is 23.9 Å². The Morgan fingerprint density at radius 2 is 2.62 bits per heavy atom. The molecule has 0 saturated heterocycles. The number of anilines is 1. The summed E-state index contributed by atoms with van der Waals surface area (Å²) >= 11 is 0. The molecule has 0 aliphatic heterocycles. The summed E-state index contributed by atoms with van der Waals surface area (Å²) in [5, 5.41) is 6.21. The maximum absolute atomic E-state index is 11.3. The summed E-state index contributed by atoms with van der Waals surface area (Å²) in [6.45, 7) is 2.16. The van der Waals surface area contributed by atoms with Crippen molar-refractivity contribution in [3.63, 3.8) is 0 Å². The Kier molecular flexibility index (Phi) is 2.04. The summed E-state index contributed by atoms with van der Waals surface area (Å²) in [4.78, 5) is 11.3. The maximum Gasteiger partial charge on any atom is 0.224 e. The van der Waals surface area contributed by atoms with Gasteiger partial charge in [0, 0.05) is 6.42 Å². The molecule has 1 fully saturated rings. The largest absolute Gasteiger partial charge is 0.363 e. The van der Waals surface area contributed by atoms with Gasteiger partial charge in [-0.05, 0) is 18.3 Å². The fourth-order valence-corrected chi connectivity index (χ4v) is 1.40. The van der Waals surface area contributed by atoms with Crippen LogP contribution in [0.1, 0.15) is 19.8 Å². The molecule has 1 aromatic rings. The van der Waals surface area contributed by atoms with Gasteiger partial charge in [-0.2, -0.15) is 0 Å².